The molecular formula is C19H23N3O2S2. The third kappa shape index (κ3) is 4.11. The van der Waals surface area contributed by atoms with Crippen LogP contribution >= 0.6 is 11.8 Å². The zero-order valence-corrected chi connectivity index (χ0v) is 16.6. The maximum Gasteiger partial charge on any atom is 0.238 e. The number of hydrogen-bond donors (Lipinski definition) is 1. The number of nitrogens with two attached hydrogens (primary N) is 1. The molecule has 2 aromatic carbocycles. The highest BCUT2D eigenvalue weighted by atomic mass is 32.2. The summed E-state index contributed by atoms with van der Waals surface area (Å²) in [6, 6.07) is 15.2. The molecule has 3 aromatic rings. The summed E-state index contributed by atoms with van der Waals surface area (Å²) in [6.07, 6.45) is 2.11. The van der Waals surface area contributed by atoms with Gasteiger partial charge in [-0.1, -0.05) is 55.4 Å². The van der Waals surface area contributed by atoms with Crippen LogP contribution in [-0.4, -0.2) is 18.0 Å². The Hall–Kier alpha value is -1.83. The van der Waals surface area contributed by atoms with E-state index in [1.165, 1.54) is 5.56 Å². The van der Waals surface area contributed by atoms with Crippen molar-refractivity contribution in [2.75, 3.05) is 0 Å². The SMILES string of the molecule is CCCCn1c(S[C@@H](C)c2ccccc2)nc2cc(S(N)(=O)=O)ccc21. The number of sulfonamides is 1. The number of primary sulfonamides is 1. The zero-order valence-electron chi connectivity index (χ0n) is 14.9. The van der Waals surface area contributed by atoms with E-state index in [1.807, 2.05) is 18.2 Å². The predicted octanol–water partition coefficient (Wildman–Crippen LogP) is 4.34. The van der Waals surface area contributed by atoms with Crippen LogP contribution < -0.4 is 5.14 Å². The number of aromatic nitrogens is 2. The summed E-state index contributed by atoms with van der Waals surface area (Å²) in [5.41, 5.74) is 2.83. The molecule has 0 aliphatic rings. The van der Waals surface area contributed by atoms with E-state index in [1.54, 1.807) is 30.0 Å². The van der Waals surface area contributed by atoms with Gasteiger partial charge in [0.25, 0.3) is 0 Å². The minimum atomic E-state index is -3.74. The molecule has 0 saturated heterocycles. The maximum atomic E-state index is 11.6. The van der Waals surface area contributed by atoms with Gasteiger partial charge in [-0.15, -0.1) is 0 Å². The topological polar surface area (TPSA) is 78.0 Å². The zero-order chi connectivity index (χ0) is 18.7. The van der Waals surface area contributed by atoms with E-state index in [0.717, 1.165) is 30.1 Å². The van der Waals surface area contributed by atoms with Crippen molar-refractivity contribution in [3.05, 3.63) is 54.1 Å². The fourth-order valence-electron chi connectivity index (χ4n) is 2.84. The molecule has 2 N–H and O–H groups in total. The number of aryl methyl sites for hydroxylation is 1. The van der Waals surface area contributed by atoms with Gasteiger partial charge in [0.1, 0.15) is 0 Å². The average Bonchev–Trinajstić information content (AvgIpc) is 2.96. The Kier molecular flexibility index (Phi) is 5.70. The fourth-order valence-corrected chi connectivity index (χ4v) is 4.45. The molecule has 0 unspecified atom stereocenters. The number of benzene rings is 2. The second-order valence-corrected chi connectivity index (χ2v) is 9.14. The predicted molar refractivity (Wildman–Crippen MR) is 107 cm³/mol. The molecule has 138 valence electrons. The molecule has 26 heavy (non-hydrogen) atoms. The van der Waals surface area contributed by atoms with Crippen molar-refractivity contribution in [1.82, 2.24) is 9.55 Å². The molecule has 1 heterocycles. The molecule has 0 aliphatic carbocycles. The summed E-state index contributed by atoms with van der Waals surface area (Å²) in [5.74, 6) is 0. The van der Waals surface area contributed by atoms with Gasteiger partial charge in [0, 0.05) is 11.8 Å². The van der Waals surface area contributed by atoms with Crippen molar-refractivity contribution >= 4 is 32.8 Å². The second-order valence-electron chi connectivity index (χ2n) is 6.27. The number of hydrogen-bond acceptors (Lipinski definition) is 4. The minimum absolute atomic E-state index is 0.0952. The molecule has 7 heteroatoms. The Morgan fingerprint density at radius 2 is 1.92 bits per heavy atom. The van der Waals surface area contributed by atoms with Gasteiger partial charge in [-0.05, 0) is 37.1 Å². The highest BCUT2D eigenvalue weighted by Crippen LogP contribution is 2.36. The minimum Gasteiger partial charge on any atom is -0.319 e. The van der Waals surface area contributed by atoms with Gasteiger partial charge in [-0.25, -0.2) is 18.5 Å². The van der Waals surface area contributed by atoms with E-state index in [4.69, 9.17) is 10.1 Å². The van der Waals surface area contributed by atoms with Gasteiger partial charge >= 0.3 is 0 Å². The third-order valence-electron chi connectivity index (χ3n) is 4.30. The third-order valence-corrected chi connectivity index (χ3v) is 6.36. The normalized spacial score (nSPS) is 13.2. The maximum absolute atomic E-state index is 11.6. The van der Waals surface area contributed by atoms with Gasteiger partial charge in [0.15, 0.2) is 5.16 Å². The highest BCUT2D eigenvalue weighted by molar-refractivity contribution is 7.99. The molecule has 0 spiro atoms. The Bertz CT molecular complexity index is 998. The summed E-state index contributed by atoms with van der Waals surface area (Å²) in [4.78, 5) is 4.81. The molecule has 0 saturated carbocycles. The van der Waals surface area contributed by atoms with Crippen LogP contribution in [0.3, 0.4) is 0 Å². The van der Waals surface area contributed by atoms with Gasteiger partial charge in [0.2, 0.25) is 10.0 Å². The largest absolute Gasteiger partial charge is 0.319 e. The molecular weight excluding hydrogens is 366 g/mol. The number of thioether (sulfide) groups is 1. The summed E-state index contributed by atoms with van der Waals surface area (Å²) < 4.78 is 25.5. The molecule has 0 fully saturated rings. The summed E-state index contributed by atoms with van der Waals surface area (Å²) in [7, 11) is -3.74. The Balaban J connectivity index is 2.02. The van der Waals surface area contributed by atoms with Crippen molar-refractivity contribution < 1.29 is 8.42 Å². The number of rotatable bonds is 7. The first kappa shape index (κ1) is 18.9. The molecule has 3 rings (SSSR count). The van der Waals surface area contributed by atoms with Crippen LogP contribution in [0.5, 0.6) is 0 Å². The average molecular weight is 390 g/mol. The summed E-state index contributed by atoms with van der Waals surface area (Å²) >= 11 is 1.68. The molecule has 1 aromatic heterocycles. The summed E-state index contributed by atoms with van der Waals surface area (Å²) in [6.45, 7) is 5.16. The van der Waals surface area contributed by atoms with Crippen LogP contribution in [0.25, 0.3) is 11.0 Å². The van der Waals surface area contributed by atoms with Crippen molar-refractivity contribution in [3.8, 4) is 0 Å². The lowest BCUT2D eigenvalue weighted by atomic mass is 10.2. The number of fused-ring (bicyclic) bond motifs is 1. The standard InChI is InChI=1S/C19H23N3O2S2/c1-3-4-12-22-18-11-10-16(26(20,23)24)13-17(18)21-19(22)25-14(2)15-8-6-5-7-9-15/h5-11,13-14H,3-4,12H2,1-2H3,(H2,20,23,24)/t14-/m0/s1. The second kappa shape index (κ2) is 7.82. The molecule has 0 radical (unpaired) electrons. The molecule has 0 bridgehead atoms. The van der Waals surface area contributed by atoms with Gasteiger partial charge in [0.05, 0.1) is 15.9 Å². The lowest BCUT2D eigenvalue weighted by molar-refractivity contribution is 0.597. The van der Waals surface area contributed by atoms with E-state index < -0.39 is 10.0 Å². The lowest BCUT2D eigenvalue weighted by Crippen LogP contribution is -2.11. The van der Waals surface area contributed by atoms with E-state index >= 15 is 0 Å². The van der Waals surface area contributed by atoms with Crippen molar-refractivity contribution in [3.63, 3.8) is 0 Å². The quantitative estimate of drug-likeness (QED) is 0.610. The van der Waals surface area contributed by atoms with E-state index in [2.05, 4.69) is 30.5 Å². The number of unbranched alkanes of at least 4 members (excludes halogenated alkanes) is 1. The smallest absolute Gasteiger partial charge is 0.238 e. The first-order valence-electron chi connectivity index (χ1n) is 8.65. The van der Waals surface area contributed by atoms with Crippen LogP contribution in [0.4, 0.5) is 0 Å². The van der Waals surface area contributed by atoms with Crippen LogP contribution in [-0.2, 0) is 16.6 Å². The fraction of sp³-hybridized carbons (Fsp3) is 0.316. The number of imidazole rings is 1. The highest BCUT2D eigenvalue weighted by Gasteiger charge is 2.17. The van der Waals surface area contributed by atoms with Gasteiger partial charge in [-0.2, -0.15) is 0 Å². The Labute approximate surface area is 158 Å². The van der Waals surface area contributed by atoms with Crippen LogP contribution in [0.15, 0.2) is 58.6 Å². The molecule has 0 amide bonds. The van der Waals surface area contributed by atoms with Gasteiger partial charge < -0.3 is 4.57 Å². The van der Waals surface area contributed by atoms with Crippen LogP contribution in [0, 0.1) is 0 Å². The van der Waals surface area contributed by atoms with Gasteiger partial charge in [-0.3, -0.25) is 0 Å². The lowest BCUT2D eigenvalue weighted by Gasteiger charge is -2.13. The van der Waals surface area contributed by atoms with Crippen LogP contribution in [0.1, 0.15) is 37.5 Å². The first-order chi connectivity index (χ1) is 12.4. The first-order valence-corrected chi connectivity index (χ1v) is 11.1. The van der Waals surface area contributed by atoms with Crippen molar-refractivity contribution in [2.24, 2.45) is 5.14 Å². The van der Waals surface area contributed by atoms with E-state index in [9.17, 15) is 8.42 Å². The van der Waals surface area contributed by atoms with Crippen molar-refractivity contribution in [2.45, 2.75) is 48.5 Å². The number of nitrogens with zero attached hydrogens (tertiary/aromatic N) is 2. The Morgan fingerprint density at radius 1 is 1.19 bits per heavy atom. The van der Waals surface area contributed by atoms with E-state index in [-0.39, 0.29) is 10.1 Å². The van der Waals surface area contributed by atoms with Crippen molar-refractivity contribution in [1.29, 1.82) is 0 Å². The summed E-state index contributed by atoms with van der Waals surface area (Å²) in [5, 5.41) is 6.40. The monoisotopic (exact) mass is 389 g/mol. The molecule has 0 aliphatic heterocycles. The van der Waals surface area contributed by atoms with E-state index in [0.29, 0.717) is 5.52 Å². The van der Waals surface area contributed by atoms with Crippen LogP contribution in [0.2, 0.25) is 0 Å². The molecule has 1 atom stereocenters. The Morgan fingerprint density at radius 3 is 2.58 bits per heavy atom. The molecule has 5 nitrogen and oxygen atoms in total.